The first kappa shape index (κ1) is 16.1. The van der Waals surface area contributed by atoms with Crippen molar-refractivity contribution < 1.29 is 9.66 Å². The van der Waals surface area contributed by atoms with Crippen molar-refractivity contribution in [1.29, 1.82) is 0 Å². The molecule has 6 heteroatoms. The lowest BCUT2D eigenvalue weighted by Crippen LogP contribution is -2.59. The Hall–Kier alpha value is -2.34. The number of fused-ring (bicyclic) bond motifs is 2. The first-order valence-corrected chi connectivity index (χ1v) is 9.17. The van der Waals surface area contributed by atoms with E-state index in [9.17, 15) is 10.1 Å². The highest BCUT2D eigenvalue weighted by Gasteiger charge is 2.59. The number of likely N-dealkylation sites (N-methyl/N-ethyl adjacent to an activating group) is 1. The molecular formula is C19H20N2O3S. The van der Waals surface area contributed by atoms with E-state index in [4.69, 9.17) is 4.74 Å². The summed E-state index contributed by atoms with van der Waals surface area (Å²) in [6, 6.07) is 7.00. The molecule has 0 N–H and O–H groups in total. The van der Waals surface area contributed by atoms with Gasteiger partial charge in [-0.25, -0.2) is 0 Å². The summed E-state index contributed by atoms with van der Waals surface area (Å²) in [5.41, 5.74) is 1.21. The van der Waals surface area contributed by atoms with Crippen LogP contribution in [0.3, 0.4) is 0 Å². The van der Waals surface area contributed by atoms with Gasteiger partial charge in [-0.15, -0.1) is 11.3 Å². The lowest BCUT2D eigenvalue weighted by atomic mass is 9.80. The van der Waals surface area contributed by atoms with Crippen LogP contribution in [0.4, 0.5) is 11.4 Å². The average Bonchev–Trinajstić information content (AvgIpc) is 3.02. The van der Waals surface area contributed by atoms with Crippen LogP contribution in [0.1, 0.15) is 36.1 Å². The van der Waals surface area contributed by atoms with Crippen LogP contribution in [0.2, 0.25) is 0 Å². The van der Waals surface area contributed by atoms with E-state index in [0.29, 0.717) is 5.75 Å². The molecule has 25 heavy (non-hydrogen) atoms. The third-order valence-corrected chi connectivity index (χ3v) is 6.63. The van der Waals surface area contributed by atoms with Crippen molar-refractivity contribution in [2.75, 3.05) is 11.4 Å². The van der Waals surface area contributed by atoms with E-state index < -0.39 is 5.72 Å². The molecule has 2 aliphatic rings. The number of anilines is 1. The maximum Gasteiger partial charge on any atom is 0.270 e. The molecule has 1 spiro atoms. The molecule has 2 aromatic rings. The minimum absolute atomic E-state index is 0.0794. The molecule has 1 aromatic carbocycles. The van der Waals surface area contributed by atoms with Crippen molar-refractivity contribution in [3.8, 4) is 5.75 Å². The third kappa shape index (κ3) is 2.00. The molecule has 0 bridgehead atoms. The molecule has 4 rings (SSSR count). The number of nitro groups is 1. The summed E-state index contributed by atoms with van der Waals surface area (Å²) in [5.74, 6) is 0.687. The SMILES string of the molecule is CCN1c2cc(C)sc2C(C)(C)C12C=Cc1cc([N+](=O)[O-])ccc1O2. The van der Waals surface area contributed by atoms with Crippen LogP contribution >= 0.6 is 11.3 Å². The normalized spacial score (nSPS) is 22.6. The summed E-state index contributed by atoms with van der Waals surface area (Å²) in [5, 5.41) is 11.0. The fraction of sp³-hybridized carbons (Fsp3) is 0.368. The van der Waals surface area contributed by atoms with Gasteiger partial charge in [0.15, 0.2) is 0 Å². The summed E-state index contributed by atoms with van der Waals surface area (Å²) >= 11 is 1.81. The van der Waals surface area contributed by atoms with Crippen LogP contribution in [0.5, 0.6) is 5.75 Å². The topological polar surface area (TPSA) is 55.6 Å². The van der Waals surface area contributed by atoms with Crippen molar-refractivity contribution in [1.82, 2.24) is 0 Å². The summed E-state index contributed by atoms with van der Waals surface area (Å²) in [4.78, 5) is 15.6. The Morgan fingerprint density at radius 1 is 1.32 bits per heavy atom. The minimum atomic E-state index is -0.611. The molecule has 1 aromatic heterocycles. The molecule has 0 amide bonds. The smallest absolute Gasteiger partial charge is 0.270 e. The monoisotopic (exact) mass is 356 g/mol. The van der Waals surface area contributed by atoms with Crippen LogP contribution in [-0.4, -0.2) is 17.2 Å². The fourth-order valence-corrected chi connectivity index (χ4v) is 5.16. The summed E-state index contributed by atoms with van der Waals surface area (Å²) in [7, 11) is 0. The van der Waals surface area contributed by atoms with Crippen molar-refractivity contribution in [3.05, 3.63) is 55.8 Å². The predicted molar refractivity (Wildman–Crippen MR) is 101 cm³/mol. The van der Waals surface area contributed by atoms with Crippen LogP contribution in [-0.2, 0) is 5.41 Å². The second-order valence-corrected chi connectivity index (χ2v) is 8.31. The lowest BCUT2D eigenvalue weighted by Gasteiger charge is -2.46. The summed E-state index contributed by atoms with van der Waals surface area (Å²) in [6.07, 6.45) is 4.02. The van der Waals surface area contributed by atoms with Gasteiger partial charge in [-0.05, 0) is 52.0 Å². The number of nitro benzene ring substituents is 1. The first-order valence-electron chi connectivity index (χ1n) is 8.35. The van der Waals surface area contributed by atoms with Gasteiger partial charge in [0.1, 0.15) is 5.75 Å². The number of non-ortho nitro benzene ring substituents is 1. The molecule has 1 unspecified atom stereocenters. The van der Waals surface area contributed by atoms with E-state index in [1.807, 2.05) is 17.4 Å². The zero-order valence-electron chi connectivity index (χ0n) is 14.7. The third-order valence-electron chi connectivity index (χ3n) is 5.27. The van der Waals surface area contributed by atoms with Crippen molar-refractivity contribution in [2.45, 2.75) is 38.8 Å². The quantitative estimate of drug-likeness (QED) is 0.568. The van der Waals surface area contributed by atoms with Crippen LogP contribution in [0, 0.1) is 17.0 Å². The van der Waals surface area contributed by atoms with Gasteiger partial charge < -0.3 is 9.64 Å². The summed E-state index contributed by atoms with van der Waals surface area (Å²) < 4.78 is 6.54. The molecule has 0 aliphatic carbocycles. The van der Waals surface area contributed by atoms with Crippen LogP contribution in [0.25, 0.3) is 6.08 Å². The minimum Gasteiger partial charge on any atom is -0.463 e. The van der Waals surface area contributed by atoms with Gasteiger partial charge in [-0.3, -0.25) is 10.1 Å². The lowest BCUT2D eigenvalue weighted by molar-refractivity contribution is -0.384. The maximum atomic E-state index is 11.0. The van der Waals surface area contributed by atoms with E-state index in [1.165, 1.54) is 21.5 Å². The fourth-order valence-electron chi connectivity index (χ4n) is 3.99. The molecule has 3 heterocycles. The Morgan fingerprint density at radius 2 is 2.08 bits per heavy atom. The van der Waals surface area contributed by atoms with E-state index >= 15 is 0 Å². The van der Waals surface area contributed by atoms with Gasteiger partial charge in [0, 0.05) is 34.0 Å². The molecule has 2 aliphatic heterocycles. The molecule has 1 atom stereocenters. The first-order chi connectivity index (χ1) is 11.8. The number of ether oxygens (including phenoxy) is 1. The van der Waals surface area contributed by atoms with Crippen molar-refractivity contribution in [3.63, 3.8) is 0 Å². The molecule has 0 saturated heterocycles. The highest BCUT2D eigenvalue weighted by molar-refractivity contribution is 7.12. The van der Waals surface area contributed by atoms with Crippen LogP contribution in [0.15, 0.2) is 30.3 Å². The Morgan fingerprint density at radius 3 is 2.76 bits per heavy atom. The molecule has 0 saturated carbocycles. The number of aryl methyl sites for hydroxylation is 1. The highest BCUT2D eigenvalue weighted by Crippen LogP contribution is 2.57. The number of benzene rings is 1. The van der Waals surface area contributed by atoms with Gasteiger partial charge in [0.2, 0.25) is 5.72 Å². The largest absolute Gasteiger partial charge is 0.463 e. The van der Waals surface area contributed by atoms with Gasteiger partial charge in [0.05, 0.1) is 16.0 Å². The Bertz CT molecular complexity index is 915. The molecule has 5 nitrogen and oxygen atoms in total. The second kappa shape index (κ2) is 5.08. The number of rotatable bonds is 2. The highest BCUT2D eigenvalue weighted by atomic mass is 32.1. The Kier molecular flexibility index (Phi) is 3.28. The second-order valence-electron chi connectivity index (χ2n) is 7.05. The molecule has 130 valence electrons. The van der Waals surface area contributed by atoms with Gasteiger partial charge >= 0.3 is 0 Å². The van der Waals surface area contributed by atoms with E-state index in [1.54, 1.807) is 12.1 Å². The Balaban J connectivity index is 1.85. The van der Waals surface area contributed by atoms with Gasteiger partial charge in [-0.1, -0.05) is 0 Å². The van der Waals surface area contributed by atoms with Gasteiger partial charge in [0.25, 0.3) is 5.69 Å². The van der Waals surface area contributed by atoms with Crippen molar-refractivity contribution in [2.24, 2.45) is 0 Å². The van der Waals surface area contributed by atoms with Crippen LogP contribution < -0.4 is 9.64 Å². The standard InChI is InChI=1S/C19H20N2O3S/c1-5-20-15-10-12(2)25-17(15)18(3,4)19(20)9-8-13-11-14(21(22)23)6-7-16(13)24-19/h6-11H,5H2,1-4H3. The molecule has 0 fully saturated rings. The zero-order chi connectivity index (χ0) is 18.0. The molecule has 0 radical (unpaired) electrons. The predicted octanol–water partition coefficient (Wildman–Crippen LogP) is 4.88. The molecular weight excluding hydrogens is 336 g/mol. The number of hydrogen-bond donors (Lipinski definition) is 0. The van der Waals surface area contributed by atoms with E-state index in [0.717, 1.165) is 12.1 Å². The average molecular weight is 356 g/mol. The Labute approximate surface area is 150 Å². The number of thiophene rings is 1. The summed E-state index contributed by atoms with van der Waals surface area (Å²) in [6.45, 7) is 9.49. The number of nitrogens with zero attached hydrogens (tertiary/aromatic N) is 2. The van der Waals surface area contributed by atoms with Gasteiger partial charge in [-0.2, -0.15) is 0 Å². The number of hydrogen-bond acceptors (Lipinski definition) is 5. The maximum absolute atomic E-state index is 11.0. The van der Waals surface area contributed by atoms with E-state index in [2.05, 4.69) is 44.7 Å². The zero-order valence-corrected chi connectivity index (χ0v) is 15.5. The van der Waals surface area contributed by atoms with E-state index in [-0.39, 0.29) is 16.0 Å². The van der Waals surface area contributed by atoms with Crippen molar-refractivity contribution >= 4 is 28.8 Å².